The molecule has 0 saturated heterocycles. The predicted octanol–water partition coefficient (Wildman–Crippen LogP) is 1.31. The van der Waals surface area contributed by atoms with Gasteiger partial charge >= 0.3 is 0 Å². The van der Waals surface area contributed by atoms with Gasteiger partial charge < -0.3 is 10.8 Å². The molecule has 0 aromatic heterocycles. The van der Waals surface area contributed by atoms with E-state index < -0.39 is 21.9 Å². The van der Waals surface area contributed by atoms with Gasteiger partial charge in [0.15, 0.2) is 0 Å². The first-order valence-electron chi connectivity index (χ1n) is 8.66. The lowest BCUT2D eigenvalue weighted by Crippen LogP contribution is -2.35. The van der Waals surface area contributed by atoms with Crippen molar-refractivity contribution < 1.29 is 17.9 Å². The molecule has 0 aliphatic carbocycles. The molecule has 7 nitrogen and oxygen atoms in total. The highest BCUT2D eigenvalue weighted by Crippen LogP contribution is 2.29. The lowest BCUT2D eigenvalue weighted by Gasteiger charge is -2.16. The van der Waals surface area contributed by atoms with Crippen LogP contribution in [0.1, 0.15) is 12.5 Å². The topological polar surface area (TPSA) is 117 Å². The predicted molar refractivity (Wildman–Crippen MR) is 107 cm³/mol. The second kappa shape index (κ2) is 8.17. The van der Waals surface area contributed by atoms with Crippen molar-refractivity contribution in [2.45, 2.75) is 17.9 Å². The van der Waals surface area contributed by atoms with E-state index in [1.807, 2.05) is 0 Å². The summed E-state index contributed by atoms with van der Waals surface area (Å²) < 4.78 is 42.5. The van der Waals surface area contributed by atoms with Gasteiger partial charge in [-0.1, -0.05) is 24.3 Å². The van der Waals surface area contributed by atoms with Gasteiger partial charge in [-0.15, -0.1) is 0 Å². The summed E-state index contributed by atoms with van der Waals surface area (Å²) >= 11 is 0. The van der Waals surface area contributed by atoms with Crippen LogP contribution in [0.5, 0.6) is 0 Å². The number of nitrogens with one attached hydrogen (secondary N) is 1. The molecule has 1 aliphatic heterocycles. The van der Waals surface area contributed by atoms with Crippen molar-refractivity contribution in [2.75, 3.05) is 19.7 Å². The van der Waals surface area contributed by atoms with E-state index in [2.05, 4.69) is 14.7 Å². The van der Waals surface area contributed by atoms with E-state index in [1.54, 1.807) is 37.3 Å². The Morgan fingerprint density at radius 1 is 1.18 bits per heavy atom. The second-order valence-corrected chi connectivity index (χ2v) is 8.15. The van der Waals surface area contributed by atoms with Gasteiger partial charge in [0.2, 0.25) is 10.0 Å². The lowest BCUT2D eigenvalue weighted by molar-refractivity contribution is 0.265. The van der Waals surface area contributed by atoms with Gasteiger partial charge in [0.05, 0.1) is 30.3 Å². The van der Waals surface area contributed by atoms with Gasteiger partial charge in [-0.3, -0.25) is 9.98 Å². The molecule has 1 atom stereocenters. The smallest absolute Gasteiger partial charge is 0.241 e. The third kappa shape index (κ3) is 4.27. The summed E-state index contributed by atoms with van der Waals surface area (Å²) in [5.41, 5.74) is 7.17. The highest BCUT2D eigenvalue weighted by Gasteiger charge is 2.22. The molecule has 148 valence electrons. The van der Waals surface area contributed by atoms with Crippen LogP contribution in [0.25, 0.3) is 11.1 Å². The minimum Gasteiger partial charge on any atom is -0.395 e. The summed E-state index contributed by atoms with van der Waals surface area (Å²) in [5, 5.41) is 9.13. The molecule has 2 aromatic carbocycles. The number of hydrogen-bond acceptors (Lipinski definition) is 6. The monoisotopic (exact) mass is 404 g/mol. The van der Waals surface area contributed by atoms with Gasteiger partial charge in [0.25, 0.3) is 0 Å². The molecule has 0 fully saturated rings. The summed E-state index contributed by atoms with van der Waals surface area (Å²) in [4.78, 5) is 8.32. The first-order valence-corrected chi connectivity index (χ1v) is 10.1. The van der Waals surface area contributed by atoms with E-state index in [0.717, 1.165) is 0 Å². The second-order valence-electron chi connectivity index (χ2n) is 6.47. The van der Waals surface area contributed by atoms with Gasteiger partial charge in [0.1, 0.15) is 11.7 Å². The van der Waals surface area contributed by atoms with Crippen LogP contribution in [0.2, 0.25) is 0 Å². The quantitative estimate of drug-likeness (QED) is 0.673. The first-order chi connectivity index (χ1) is 13.3. The number of aliphatic hydroxyl groups is 1. The van der Waals surface area contributed by atoms with Crippen LogP contribution >= 0.6 is 0 Å². The van der Waals surface area contributed by atoms with E-state index in [4.69, 9.17) is 10.8 Å². The Kier molecular flexibility index (Phi) is 5.87. The fourth-order valence-electron chi connectivity index (χ4n) is 2.84. The Labute approximate surface area is 162 Å². The van der Waals surface area contributed by atoms with Crippen LogP contribution in [0.3, 0.4) is 0 Å². The third-order valence-electron chi connectivity index (χ3n) is 4.26. The summed E-state index contributed by atoms with van der Waals surface area (Å²) in [6.45, 7) is 1.65. The molecule has 3 rings (SSSR count). The van der Waals surface area contributed by atoms with Crippen LogP contribution in [-0.2, 0) is 10.0 Å². The van der Waals surface area contributed by atoms with Crippen molar-refractivity contribution >= 4 is 21.6 Å². The minimum atomic E-state index is -3.89. The number of nitrogens with two attached hydrogens (primary N) is 1. The van der Waals surface area contributed by atoms with Crippen molar-refractivity contribution in [2.24, 2.45) is 15.7 Å². The van der Waals surface area contributed by atoms with E-state index in [0.29, 0.717) is 28.2 Å². The van der Waals surface area contributed by atoms with Crippen LogP contribution in [0.4, 0.5) is 4.39 Å². The molecule has 2 aromatic rings. The maximum absolute atomic E-state index is 14.8. The lowest BCUT2D eigenvalue weighted by atomic mass is 10.0. The molecule has 9 heteroatoms. The number of rotatable bonds is 6. The van der Waals surface area contributed by atoms with Gasteiger partial charge in [-0.25, -0.2) is 17.5 Å². The van der Waals surface area contributed by atoms with Gasteiger partial charge in [-0.2, -0.15) is 0 Å². The zero-order chi connectivity index (χ0) is 20.3. The van der Waals surface area contributed by atoms with E-state index in [-0.39, 0.29) is 24.6 Å². The maximum atomic E-state index is 14.8. The zero-order valence-corrected chi connectivity index (χ0v) is 16.1. The molecule has 1 heterocycles. The third-order valence-corrected chi connectivity index (χ3v) is 5.91. The normalized spacial score (nSPS) is 15.7. The number of sulfonamides is 1. The molecule has 28 heavy (non-hydrogen) atoms. The molecule has 0 radical (unpaired) electrons. The molecule has 0 spiro atoms. The first kappa shape index (κ1) is 20.1. The molecule has 0 saturated carbocycles. The number of aliphatic hydroxyl groups excluding tert-OH is 1. The maximum Gasteiger partial charge on any atom is 0.241 e. The van der Waals surface area contributed by atoms with Crippen LogP contribution in [0.15, 0.2) is 57.3 Å². The Morgan fingerprint density at radius 2 is 1.93 bits per heavy atom. The Bertz CT molecular complexity index is 1050. The molecule has 0 bridgehead atoms. The summed E-state index contributed by atoms with van der Waals surface area (Å²) in [5.74, 6) is -0.111. The molecule has 1 aliphatic rings. The Balaban J connectivity index is 1.98. The number of nitrogens with zero attached hydrogens (tertiary/aromatic N) is 2. The molecule has 4 N–H and O–H groups in total. The Morgan fingerprint density at radius 3 is 2.57 bits per heavy atom. The average Bonchev–Trinajstić information content (AvgIpc) is 2.68. The van der Waals surface area contributed by atoms with Gasteiger partial charge in [0, 0.05) is 17.2 Å². The number of benzene rings is 2. The van der Waals surface area contributed by atoms with Crippen molar-refractivity contribution in [3.8, 4) is 11.1 Å². The highest BCUT2D eigenvalue weighted by molar-refractivity contribution is 7.89. The largest absolute Gasteiger partial charge is 0.395 e. The van der Waals surface area contributed by atoms with Crippen molar-refractivity contribution in [1.82, 2.24) is 4.72 Å². The highest BCUT2D eigenvalue weighted by atomic mass is 32.2. The SMILES string of the molecule is CC(CO)NS(=O)(=O)c1ccccc1-c1ccc(C2=NCC(N)=NC2)c(F)c1. The Hall–Kier alpha value is -2.62. The van der Waals surface area contributed by atoms with Crippen molar-refractivity contribution in [3.63, 3.8) is 0 Å². The summed E-state index contributed by atoms with van der Waals surface area (Å²) in [6, 6.07) is 10.2. The fraction of sp³-hybridized carbons (Fsp3) is 0.263. The van der Waals surface area contributed by atoms with Crippen molar-refractivity contribution in [1.29, 1.82) is 0 Å². The van der Waals surface area contributed by atoms with E-state index in [9.17, 15) is 12.8 Å². The summed E-state index contributed by atoms with van der Waals surface area (Å²) in [7, 11) is -3.89. The number of halogens is 1. The molecule has 1 unspecified atom stereocenters. The minimum absolute atomic E-state index is 0.00910. The van der Waals surface area contributed by atoms with Crippen LogP contribution in [0, 0.1) is 5.82 Å². The molecular weight excluding hydrogens is 383 g/mol. The van der Waals surface area contributed by atoms with Crippen LogP contribution < -0.4 is 10.5 Å². The zero-order valence-electron chi connectivity index (χ0n) is 15.3. The standard InChI is InChI=1S/C19H21FN4O3S/c1-12(11-25)24-28(26,27)18-5-3-2-4-14(18)13-6-7-15(16(20)8-13)17-9-23-19(21)10-22-17/h2-8,12,24-25H,9-11H2,1H3,(H2,21,23). The number of aliphatic imine (C=N–C) groups is 2. The van der Waals surface area contributed by atoms with Gasteiger partial charge in [-0.05, 0) is 30.7 Å². The number of hydrogen-bond donors (Lipinski definition) is 3. The molecular formula is C19H21FN4O3S. The number of amidine groups is 1. The fourth-order valence-corrected chi connectivity index (χ4v) is 4.31. The molecule has 0 amide bonds. The van der Waals surface area contributed by atoms with E-state index >= 15 is 0 Å². The van der Waals surface area contributed by atoms with Crippen molar-refractivity contribution in [3.05, 3.63) is 53.8 Å². The summed E-state index contributed by atoms with van der Waals surface area (Å²) in [6.07, 6.45) is 0. The average molecular weight is 404 g/mol. The van der Waals surface area contributed by atoms with Crippen LogP contribution in [-0.4, -0.2) is 50.8 Å². The van der Waals surface area contributed by atoms with E-state index in [1.165, 1.54) is 12.1 Å².